The Hall–Kier alpha value is -0.0800. The summed E-state index contributed by atoms with van der Waals surface area (Å²) in [5, 5.41) is 3.46. The summed E-state index contributed by atoms with van der Waals surface area (Å²) in [4.78, 5) is 0. The maximum atomic E-state index is 6.11. The molecule has 1 fully saturated rings. The largest absolute Gasteiger partial charge is 0.371 e. The molecule has 0 aliphatic heterocycles. The van der Waals surface area contributed by atoms with Gasteiger partial charge in [-0.25, -0.2) is 0 Å². The maximum Gasteiger partial charge on any atom is 0.0779 e. The van der Waals surface area contributed by atoms with Crippen molar-refractivity contribution in [3.63, 3.8) is 0 Å². The Bertz CT molecular complexity index is 156. The smallest absolute Gasteiger partial charge is 0.0779 e. The third-order valence-corrected chi connectivity index (χ3v) is 3.18. The van der Waals surface area contributed by atoms with E-state index in [1.807, 2.05) is 0 Å². The topological polar surface area (TPSA) is 21.3 Å². The molecule has 0 aromatic rings. The van der Waals surface area contributed by atoms with Crippen molar-refractivity contribution < 1.29 is 4.74 Å². The second kappa shape index (κ2) is 5.72. The van der Waals surface area contributed by atoms with Crippen LogP contribution < -0.4 is 5.32 Å². The van der Waals surface area contributed by atoms with Crippen LogP contribution in [0, 0.1) is 0 Å². The zero-order chi connectivity index (χ0) is 10.4. The second-order valence-electron chi connectivity index (χ2n) is 4.65. The lowest BCUT2D eigenvalue weighted by molar-refractivity contribution is -0.112. The summed E-state index contributed by atoms with van der Waals surface area (Å²) in [7, 11) is 0. The molecule has 1 unspecified atom stereocenters. The average molecular weight is 199 g/mol. The van der Waals surface area contributed by atoms with Gasteiger partial charge < -0.3 is 10.1 Å². The lowest BCUT2D eigenvalue weighted by atomic mass is 9.94. The zero-order valence-electron chi connectivity index (χ0n) is 9.94. The normalized spacial score (nSPS) is 21.6. The predicted molar refractivity (Wildman–Crippen MR) is 60.6 cm³/mol. The van der Waals surface area contributed by atoms with Gasteiger partial charge in [-0.15, -0.1) is 0 Å². The summed E-state index contributed by atoms with van der Waals surface area (Å²) in [6, 6.07) is 0. The summed E-state index contributed by atoms with van der Waals surface area (Å²) in [5.41, 5.74) is 0.0558. The van der Waals surface area contributed by atoms with Crippen LogP contribution in [0.5, 0.6) is 0 Å². The minimum atomic E-state index is 0.0558. The molecule has 2 heteroatoms. The highest BCUT2D eigenvalue weighted by Crippen LogP contribution is 2.28. The fraction of sp³-hybridized carbons (Fsp3) is 1.00. The molecule has 0 saturated heterocycles. The van der Waals surface area contributed by atoms with Crippen LogP contribution in [0.1, 0.15) is 52.9 Å². The number of hydrogen-bond acceptors (Lipinski definition) is 2. The van der Waals surface area contributed by atoms with Crippen LogP contribution in [0.25, 0.3) is 0 Å². The quantitative estimate of drug-likeness (QED) is 0.637. The van der Waals surface area contributed by atoms with Crippen molar-refractivity contribution in [2.24, 2.45) is 0 Å². The molecule has 2 nitrogen and oxygen atoms in total. The van der Waals surface area contributed by atoms with Gasteiger partial charge in [0.2, 0.25) is 0 Å². The van der Waals surface area contributed by atoms with Gasteiger partial charge in [0.05, 0.1) is 11.7 Å². The molecule has 1 aliphatic carbocycles. The van der Waals surface area contributed by atoms with E-state index in [2.05, 4.69) is 26.1 Å². The van der Waals surface area contributed by atoms with Crippen LogP contribution in [-0.2, 0) is 4.74 Å². The van der Waals surface area contributed by atoms with E-state index in [1.54, 1.807) is 0 Å². The highest BCUT2D eigenvalue weighted by atomic mass is 16.5. The highest BCUT2D eigenvalue weighted by molar-refractivity contribution is 4.81. The first kappa shape index (κ1) is 12.0. The first-order valence-electron chi connectivity index (χ1n) is 6.08. The molecule has 0 amide bonds. The Morgan fingerprint density at radius 2 is 2.07 bits per heavy atom. The van der Waals surface area contributed by atoms with Gasteiger partial charge in [-0.1, -0.05) is 13.8 Å². The van der Waals surface area contributed by atoms with Gasteiger partial charge in [0.1, 0.15) is 0 Å². The third kappa shape index (κ3) is 3.58. The Morgan fingerprint density at radius 1 is 1.36 bits per heavy atom. The average Bonchev–Trinajstić information content (AvgIpc) is 2.12. The molecular weight excluding hydrogens is 174 g/mol. The fourth-order valence-corrected chi connectivity index (χ4v) is 1.67. The van der Waals surface area contributed by atoms with Gasteiger partial charge in [0.15, 0.2) is 0 Å². The Morgan fingerprint density at radius 3 is 2.50 bits per heavy atom. The van der Waals surface area contributed by atoms with Gasteiger partial charge in [0.25, 0.3) is 0 Å². The summed E-state index contributed by atoms with van der Waals surface area (Å²) in [6.45, 7) is 8.74. The Labute approximate surface area is 88.4 Å². The first-order chi connectivity index (χ1) is 6.70. The lowest BCUT2D eigenvalue weighted by Crippen LogP contribution is -2.44. The molecule has 1 atom stereocenters. The first-order valence-corrected chi connectivity index (χ1v) is 6.08. The van der Waals surface area contributed by atoms with E-state index in [0.29, 0.717) is 6.10 Å². The van der Waals surface area contributed by atoms with Crippen molar-refractivity contribution in [2.45, 2.75) is 64.6 Å². The summed E-state index contributed by atoms with van der Waals surface area (Å²) in [6.07, 6.45) is 6.73. The molecule has 1 saturated carbocycles. The van der Waals surface area contributed by atoms with Crippen molar-refractivity contribution in [1.82, 2.24) is 5.32 Å². The van der Waals surface area contributed by atoms with E-state index < -0.39 is 0 Å². The van der Waals surface area contributed by atoms with Crippen molar-refractivity contribution in [1.29, 1.82) is 0 Å². The van der Waals surface area contributed by atoms with Crippen LogP contribution in [0.4, 0.5) is 0 Å². The fourth-order valence-electron chi connectivity index (χ4n) is 1.67. The zero-order valence-corrected chi connectivity index (χ0v) is 9.94. The van der Waals surface area contributed by atoms with E-state index in [4.69, 9.17) is 4.74 Å². The lowest BCUT2D eigenvalue weighted by Gasteiger charge is -2.37. The molecule has 1 N–H and O–H groups in total. The van der Waals surface area contributed by atoms with Crippen molar-refractivity contribution in [2.75, 3.05) is 13.1 Å². The van der Waals surface area contributed by atoms with E-state index in [9.17, 15) is 0 Å². The van der Waals surface area contributed by atoms with E-state index in [-0.39, 0.29) is 5.60 Å². The molecule has 84 valence electrons. The molecule has 0 bridgehead atoms. The Balaban J connectivity index is 2.23. The second-order valence-corrected chi connectivity index (χ2v) is 4.65. The Kier molecular flexibility index (Phi) is 4.90. The van der Waals surface area contributed by atoms with Crippen LogP contribution >= 0.6 is 0 Å². The van der Waals surface area contributed by atoms with E-state index in [0.717, 1.165) is 19.5 Å². The molecular formula is C12H25NO. The van der Waals surface area contributed by atoms with Crippen LogP contribution in [0.3, 0.4) is 0 Å². The summed E-state index contributed by atoms with van der Waals surface area (Å²) in [5.74, 6) is 0. The van der Waals surface area contributed by atoms with Crippen LogP contribution in [0.15, 0.2) is 0 Å². The van der Waals surface area contributed by atoms with E-state index >= 15 is 0 Å². The number of nitrogens with one attached hydrogen (secondary N) is 1. The minimum absolute atomic E-state index is 0.0558. The van der Waals surface area contributed by atoms with Crippen molar-refractivity contribution in [3.05, 3.63) is 0 Å². The van der Waals surface area contributed by atoms with Crippen LogP contribution in [-0.4, -0.2) is 24.8 Å². The van der Waals surface area contributed by atoms with Gasteiger partial charge >= 0.3 is 0 Å². The van der Waals surface area contributed by atoms with Gasteiger partial charge in [0, 0.05) is 6.54 Å². The van der Waals surface area contributed by atoms with E-state index in [1.165, 1.54) is 25.7 Å². The van der Waals surface area contributed by atoms with Gasteiger partial charge in [-0.3, -0.25) is 0 Å². The SMILES string of the molecule is CCCNCC(C)(CC)OC1CCC1. The third-order valence-electron chi connectivity index (χ3n) is 3.18. The standard InChI is InChI=1S/C12H25NO/c1-4-9-13-10-12(3,5-2)14-11-7-6-8-11/h11,13H,4-10H2,1-3H3. The molecule has 0 aromatic heterocycles. The monoisotopic (exact) mass is 199 g/mol. The molecule has 0 heterocycles. The van der Waals surface area contributed by atoms with Gasteiger partial charge in [-0.05, 0) is 45.6 Å². The molecule has 0 aromatic carbocycles. The number of hydrogen-bond donors (Lipinski definition) is 1. The molecule has 1 rings (SSSR count). The highest BCUT2D eigenvalue weighted by Gasteiger charge is 2.29. The molecule has 0 spiro atoms. The maximum absolute atomic E-state index is 6.11. The predicted octanol–water partition coefficient (Wildman–Crippen LogP) is 2.72. The van der Waals surface area contributed by atoms with Crippen LogP contribution in [0.2, 0.25) is 0 Å². The van der Waals surface area contributed by atoms with Crippen molar-refractivity contribution >= 4 is 0 Å². The van der Waals surface area contributed by atoms with Crippen molar-refractivity contribution in [3.8, 4) is 0 Å². The van der Waals surface area contributed by atoms with Gasteiger partial charge in [-0.2, -0.15) is 0 Å². The number of ether oxygens (including phenoxy) is 1. The number of rotatable bonds is 7. The summed E-state index contributed by atoms with van der Waals surface area (Å²) < 4.78 is 6.11. The molecule has 14 heavy (non-hydrogen) atoms. The summed E-state index contributed by atoms with van der Waals surface area (Å²) >= 11 is 0. The minimum Gasteiger partial charge on any atom is -0.371 e. The molecule has 0 radical (unpaired) electrons. The molecule has 1 aliphatic rings.